The number of carbonyl (C=O) groups excluding carboxylic acids is 1. The molecule has 0 bridgehead atoms. The van der Waals surface area contributed by atoms with Crippen LogP contribution in [-0.4, -0.2) is 31.2 Å². The molecule has 0 unspecified atom stereocenters. The van der Waals surface area contributed by atoms with E-state index < -0.39 is 5.54 Å². The first kappa shape index (κ1) is 15.3. The zero-order chi connectivity index (χ0) is 14.3. The summed E-state index contributed by atoms with van der Waals surface area (Å²) in [6, 6.07) is 7.15. The first-order valence-corrected chi connectivity index (χ1v) is 6.32. The molecule has 1 rings (SSSR count). The molecule has 0 fully saturated rings. The fourth-order valence-electron chi connectivity index (χ4n) is 1.33. The van der Waals surface area contributed by atoms with Crippen molar-refractivity contribution in [1.29, 1.82) is 0 Å². The van der Waals surface area contributed by atoms with Crippen molar-refractivity contribution in [3.8, 4) is 11.5 Å². The second-order valence-electron chi connectivity index (χ2n) is 4.96. The Labute approximate surface area is 114 Å². The van der Waals surface area contributed by atoms with Gasteiger partial charge in [0.25, 0.3) is 5.91 Å². The summed E-state index contributed by atoms with van der Waals surface area (Å²) in [7, 11) is 0. The van der Waals surface area contributed by atoms with Crippen molar-refractivity contribution < 1.29 is 14.3 Å². The number of hydrogen-bond donors (Lipinski definition) is 2. The highest BCUT2D eigenvalue weighted by Gasteiger charge is 2.12. The van der Waals surface area contributed by atoms with Crippen LogP contribution >= 0.6 is 0 Å². The van der Waals surface area contributed by atoms with Gasteiger partial charge in [-0.1, -0.05) is 0 Å². The van der Waals surface area contributed by atoms with Crippen molar-refractivity contribution in [3.63, 3.8) is 0 Å². The fraction of sp³-hybridized carbons (Fsp3) is 0.500. The van der Waals surface area contributed by atoms with E-state index in [1.54, 1.807) is 24.3 Å². The second kappa shape index (κ2) is 6.99. The van der Waals surface area contributed by atoms with Crippen LogP contribution in [0.15, 0.2) is 24.3 Å². The number of benzene rings is 1. The molecule has 1 aromatic carbocycles. The van der Waals surface area contributed by atoms with Crippen LogP contribution < -0.4 is 20.5 Å². The lowest BCUT2D eigenvalue weighted by Gasteiger charge is -2.18. The molecule has 0 saturated heterocycles. The van der Waals surface area contributed by atoms with Gasteiger partial charge in [0, 0.05) is 12.1 Å². The Morgan fingerprint density at radius 1 is 1.21 bits per heavy atom. The first-order chi connectivity index (χ1) is 8.90. The Morgan fingerprint density at radius 3 is 2.21 bits per heavy atom. The molecular weight excluding hydrogens is 244 g/mol. The maximum absolute atomic E-state index is 11.5. The van der Waals surface area contributed by atoms with Crippen LogP contribution in [0.25, 0.3) is 0 Å². The summed E-state index contributed by atoms with van der Waals surface area (Å²) in [6.07, 6.45) is 0. The Bertz CT molecular complexity index is 396. The highest BCUT2D eigenvalue weighted by Crippen LogP contribution is 2.17. The van der Waals surface area contributed by atoms with Crippen LogP contribution in [0.5, 0.6) is 11.5 Å². The van der Waals surface area contributed by atoms with Gasteiger partial charge in [-0.15, -0.1) is 0 Å². The standard InChI is InChI=1S/C14H22N2O3/c1-4-18-11-5-7-12(8-6-11)19-9-13(17)16-10-14(2,3)15/h5-8H,4,9-10,15H2,1-3H3,(H,16,17). The van der Waals surface area contributed by atoms with E-state index in [0.717, 1.165) is 5.75 Å². The molecule has 0 aliphatic rings. The summed E-state index contributed by atoms with van der Waals surface area (Å²) in [5.41, 5.74) is 5.34. The molecule has 3 N–H and O–H groups in total. The largest absolute Gasteiger partial charge is 0.494 e. The van der Waals surface area contributed by atoms with Gasteiger partial charge in [-0.2, -0.15) is 0 Å². The highest BCUT2D eigenvalue weighted by molar-refractivity contribution is 5.77. The Balaban J connectivity index is 2.33. The second-order valence-corrected chi connectivity index (χ2v) is 4.96. The SMILES string of the molecule is CCOc1ccc(OCC(=O)NCC(C)(C)N)cc1. The lowest BCUT2D eigenvalue weighted by Crippen LogP contribution is -2.46. The van der Waals surface area contributed by atoms with Gasteiger partial charge in [-0.3, -0.25) is 4.79 Å². The van der Waals surface area contributed by atoms with Crippen LogP contribution in [-0.2, 0) is 4.79 Å². The smallest absolute Gasteiger partial charge is 0.258 e. The van der Waals surface area contributed by atoms with E-state index in [1.807, 2.05) is 20.8 Å². The van der Waals surface area contributed by atoms with Crippen LogP contribution in [0.3, 0.4) is 0 Å². The molecule has 1 aromatic rings. The zero-order valence-electron chi connectivity index (χ0n) is 11.7. The molecule has 19 heavy (non-hydrogen) atoms. The summed E-state index contributed by atoms with van der Waals surface area (Å²) in [4.78, 5) is 11.5. The predicted octanol–water partition coefficient (Wildman–Crippen LogP) is 1.32. The zero-order valence-corrected chi connectivity index (χ0v) is 11.7. The van der Waals surface area contributed by atoms with Gasteiger partial charge in [0.05, 0.1) is 6.61 Å². The van der Waals surface area contributed by atoms with Gasteiger partial charge >= 0.3 is 0 Å². The molecule has 0 saturated carbocycles. The van der Waals surface area contributed by atoms with E-state index in [2.05, 4.69) is 5.32 Å². The molecule has 0 atom stereocenters. The third-order valence-electron chi connectivity index (χ3n) is 2.25. The summed E-state index contributed by atoms with van der Waals surface area (Å²) < 4.78 is 10.7. The molecule has 106 valence electrons. The Kier molecular flexibility index (Phi) is 5.63. The van der Waals surface area contributed by atoms with Gasteiger partial charge < -0.3 is 20.5 Å². The third kappa shape index (κ3) is 6.67. The van der Waals surface area contributed by atoms with Crippen LogP contribution in [0, 0.1) is 0 Å². The first-order valence-electron chi connectivity index (χ1n) is 6.32. The quantitative estimate of drug-likeness (QED) is 0.780. The third-order valence-corrected chi connectivity index (χ3v) is 2.25. The minimum absolute atomic E-state index is 0.0237. The summed E-state index contributed by atoms with van der Waals surface area (Å²) >= 11 is 0. The lowest BCUT2D eigenvalue weighted by molar-refractivity contribution is -0.123. The van der Waals surface area contributed by atoms with E-state index in [1.165, 1.54) is 0 Å². The van der Waals surface area contributed by atoms with Crippen molar-refractivity contribution >= 4 is 5.91 Å². The molecule has 0 aromatic heterocycles. The van der Waals surface area contributed by atoms with E-state index in [9.17, 15) is 4.79 Å². The number of amides is 1. The molecule has 0 spiro atoms. The maximum Gasteiger partial charge on any atom is 0.258 e. The monoisotopic (exact) mass is 266 g/mol. The molecule has 0 aliphatic heterocycles. The number of carbonyl (C=O) groups is 1. The summed E-state index contributed by atoms with van der Waals surface area (Å²) in [6.45, 7) is 6.63. The number of hydrogen-bond acceptors (Lipinski definition) is 4. The number of ether oxygens (including phenoxy) is 2. The van der Waals surface area contributed by atoms with Crippen molar-refractivity contribution in [1.82, 2.24) is 5.32 Å². The molecule has 5 heteroatoms. The van der Waals surface area contributed by atoms with E-state index in [0.29, 0.717) is 18.9 Å². The van der Waals surface area contributed by atoms with Crippen molar-refractivity contribution in [2.24, 2.45) is 5.73 Å². The van der Waals surface area contributed by atoms with Gasteiger partial charge in [-0.05, 0) is 45.0 Å². The van der Waals surface area contributed by atoms with Gasteiger partial charge in [0.15, 0.2) is 6.61 Å². The van der Waals surface area contributed by atoms with E-state index in [4.69, 9.17) is 15.2 Å². The predicted molar refractivity (Wildman–Crippen MR) is 74.4 cm³/mol. The number of rotatable bonds is 7. The maximum atomic E-state index is 11.5. The van der Waals surface area contributed by atoms with Crippen molar-refractivity contribution in [3.05, 3.63) is 24.3 Å². The molecule has 5 nitrogen and oxygen atoms in total. The normalized spacial score (nSPS) is 10.9. The fourth-order valence-corrected chi connectivity index (χ4v) is 1.33. The van der Waals surface area contributed by atoms with Crippen LogP contribution in [0.4, 0.5) is 0 Å². The summed E-state index contributed by atoms with van der Waals surface area (Å²) in [5.74, 6) is 1.22. The summed E-state index contributed by atoms with van der Waals surface area (Å²) in [5, 5.41) is 2.71. The lowest BCUT2D eigenvalue weighted by atomic mass is 10.1. The average molecular weight is 266 g/mol. The number of nitrogens with one attached hydrogen (secondary N) is 1. The van der Waals surface area contributed by atoms with Crippen molar-refractivity contribution in [2.45, 2.75) is 26.3 Å². The molecule has 1 amide bonds. The van der Waals surface area contributed by atoms with Crippen LogP contribution in [0.1, 0.15) is 20.8 Å². The molecular formula is C14H22N2O3. The minimum atomic E-state index is -0.422. The van der Waals surface area contributed by atoms with Gasteiger partial charge in [-0.25, -0.2) is 0 Å². The average Bonchev–Trinajstić information content (AvgIpc) is 2.35. The minimum Gasteiger partial charge on any atom is -0.494 e. The van der Waals surface area contributed by atoms with Gasteiger partial charge in [0.1, 0.15) is 11.5 Å². The molecule has 0 aliphatic carbocycles. The van der Waals surface area contributed by atoms with E-state index >= 15 is 0 Å². The Hall–Kier alpha value is -1.75. The molecule has 0 heterocycles. The van der Waals surface area contributed by atoms with Gasteiger partial charge in [0.2, 0.25) is 0 Å². The van der Waals surface area contributed by atoms with E-state index in [-0.39, 0.29) is 12.5 Å². The Morgan fingerprint density at radius 2 is 1.74 bits per heavy atom. The molecule has 0 radical (unpaired) electrons. The highest BCUT2D eigenvalue weighted by atomic mass is 16.5. The van der Waals surface area contributed by atoms with Crippen LogP contribution in [0.2, 0.25) is 0 Å². The van der Waals surface area contributed by atoms with Crippen molar-refractivity contribution in [2.75, 3.05) is 19.8 Å². The topological polar surface area (TPSA) is 73.6 Å². The number of nitrogens with two attached hydrogens (primary N) is 1.